The Labute approximate surface area is 296 Å². The fourth-order valence-electron chi connectivity index (χ4n) is 6.31. The van der Waals surface area contributed by atoms with Gasteiger partial charge >= 0.3 is 0 Å². The van der Waals surface area contributed by atoms with E-state index in [4.69, 9.17) is 23.2 Å². The summed E-state index contributed by atoms with van der Waals surface area (Å²) in [5, 5.41) is 1.36. The van der Waals surface area contributed by atoms with Crippen molar-refractivity contribution in [3.8, 4) is 23.7 Å². The lowest BCUT2D eigenvalue weighted by Gasteiger charge is -2.15. The van der Waals surface area contributed by atoms with E-state index in [1.54, 1.807) is 0 Å². The highest BCUT2D eigenvalue weighted by molar-refractivity contribution is 6.30. The lowest BCUT2D eigenvalue weighted by atomic mass is 9.86. The predicted molar refractivity (Wildman–Crippen MR) is 198 cm³/mol. The van der Waals surface area contributed by atoms with Crippen molar-refractivity contribution in [2.75, 3.05) is 0 Å². The molecule has 0 N–H and O–H groups in total. The lowest BCUT2D eigenvalue weighted by molar-refractivity contribution is -0.117. The molecule has 0 radical (unpaired) electrons. The minimum Gasteiger partial charge on any atom is -0.284 e. The molecular weight excluding hydrogens is 631 g/mol. The van der Waals surface area contributed by atoms with Gasteiger partial charge in [0.2, 0.25) is 11.6 Å². The zero-order chi connectivity index (χ0) is 34.7. The SMILES string of the molecule is CC(C)(C)C#CC(=O)[C@@]1(c2ccc(Cl)cc2)C[C@@H]1c1ccccc1.CC(C)(C)C#CC(=O)[C@@]1(c2ccc(Cl)cc2)C[C@@H]1c1ccccc1. The molecule has 2 aliphatic rings. The van der Waals surface area contributed by atoms with Crippen LogP contribution in [0, 0.1) is 34.5 Å². The Morgan fingerprint density at radius 2 is 0.854 bits per heavy atom. The maximum Gasteiger partial charge on any atom is 0.216 e. The van der Waals surface area contributed by atoms with Gasteiger partial charge in [-0.15, -0.1) is 0 Å². The summed E-state index contributed by atoms with van der Waals surface area (Å²) >= 11 is 12.0. The molecule has 4 aromatic rings. The van der Waals surface area contributed by atoms with E-state index < -0.39 is 10.8 Å². The average molecular weight is 674 g/mol. The van der Waals surface area contributed by atoms with Crippen molar-refractivity contribution < 1.29 is 9.59 Å². The van der Waals surface area contributed by atoms with E-state index >= 15 is 0 Å². The van der Waals surface area contributed by atoms with Gasteiger partial charge in [-0.25, -0.2) is 0 Å². The van der Waals surface area contributed by atoms with Crippen LogP contribution in [0.4, 0.5) is 0 Å². The Hall–Kier alpha value is -4.08. The Bertz CT molecular complexity index is 1750. The lowest BCUT2D eigenvalue weighted by Crippen LogP contribution is -2.21. The van der Waals surface area contributed by atoms with Gasteiger partial charge in [-0.1, -0.05) is 120 Å². The van der Waals surface area contributed by atoms with E-state index in [1.807, 2.05) is 126 Å². The van der Waals surface area contributed by atoms with Gasteiger partial charge in [-0.2, -0.15) is 0 Å². The van der Waals surface area contributed by atoms with Gasteiger partial charge in [0.25, 0.3) is 0 Å². The third kappa shape index (κ3) is 7.96. The minimum atomic E-state index is -0.538. The molecule has 0 saturated heterocycles. The summed E-state index contributed by atoms with van der Waals surface area (Å²) in [6.45, 7) is 12.1. The first-order valence-electron chi connectivity index (χ1n) is 16.4. The summed E-state index contributed by atoms with van der Waals surface area (Å²) in [5.41, 5.74) is 2.95. The van der Waals surface area contributed by atoms with Gasteiger partial charge in [0, 0.05) is 32.7 Å². The second kappa shape index (κ2) is 13.8. The molecule has 0 unspecified atom stereocenters. The fourth-order valence-corrected chi connectivity index (χ4v) is 6.56. The highest BCUT2D eigenvalue weighted by atomic mass is 35.5. The van der Waals surface area contributed by atoms with E-state index in [0.717, 1.165) is 24.0 Å². The number of rotatable bonds is 6. The molecule has 0 heterocycles. The maximum atomic E-state index is 13.0. The molecule has 4 atom stereocenters. The van der Waals surface area contributed by atoms with Crippen LogP contribution in [-0.4, -0.2) is 11.6 Å². The Balaban J connectivity index is 0.000000188. The van der Waals surface area contributed by atoms with E-state index in [1.165, 1.54) is 11.1 Å². The summed E-state index contributed by atoms with van der Waals surface area (Å²) in [6.07, 6.45) is 1.60. The van der Waals surface area contributed by atoms with Crippen LogP contribution in [-0.2, 0) is 20.4 Å². The molecule has 0 amide bonds. The smallest absolute Gasteiger partial charge is 0.216 e. The van der Waals surface area contributed by atoms with Crippen molar-refractivity contribution >= 4 is 34.8 Å². The molecule has 0 aromatic heterocycles. The van der Waals surface area contributed by atoms with E-state index in [9.17, 15) is 9.59 Å². The van der Waals surface area contributed by atoms with E-state index in [0.29, 0.717) is 10.0 Å². The number of hydrogen-bond donors (Lipinski definition) is 0. The van der Waals surface area contributed by atoms with Gasteiger partial charge in [0.1, 0.15) is 0 Å². The fraction of sp³-hybridized carbons (Fsp3) is 0.318. The third-order valence-corrected chi connectivity index (χ3v) is 9.46. The summed E-state index contributed by atoms with van der Waals surface area (Å²) < 4.78 is 0. The van der Waals surface area contributed by atoms with Gasteiger partial charge < -0.3 is 0 Å². The normalized spacial score (nSPS) is 22.4. The topological polar surface area (TPSA) is 34.1 Å². The first-order chi connectivity index (χ1) is 22.7. The van der Waals surface area contributed by atoms with Crippen molar-refractivity contribution in [1.29, 1.82) is 0 Å². The van der Waals surface area contributed by atoms with Gasteiger partial charge in [0.15, 0.2) is 0 Å². The van der Waals surface area contributed by atoms with Crippen LogP contribution in [0.2, 0.25) is 10.0 Å². The van der Waals surface area contributed by atoms with Gasteiger partial charge in [-0.05, 0) is 113 Å². The van der Waals surface area contributed by atoms with Crippen LogP contribution >= 0.6 is 23.2 Å². The Kier molecular flexibility index (Phi) is 10.1. The quantitative estimate of drug-likeness (QED) is 0.151. The van der Waals surface area contributed by atoms with Gasteiger partial charge in [-0.3, -0.25) is 9.59 Å². The molecule has 244 valence electrons. The average Bonchev–Trinajstić information content (AvgIpc) is 3.98. The molecule has 0 spiro atoms. The van der Waals surface area contributed by atoms with Crippen molar-refractivity contribution in [3.63, 3.8) is 0 Å². The summed E-state index contributed by atoms with van der Waals surface area (Å²) in [5.74, 6) is 12.4. The highest BCUT2D eigenvalue weighted by Crippen LogP contribution is 2.62. The Morgan fingerprint density at radius 3 is 1.15 bits per heavy atom. The molecule has 0 aliphatic heterocycles. The molecule has 6 rings (SSSR count). The number of benzene rings is 4. The summed E-state index contributed by atoms with van der Waals surface area (Å²) in [7, 11) is 0. The summed E-state index contributed by atoms with van der Waals surface area (Å²) in [6, 6.07) is 35.7. The van der Waals surface area contributed by atoms with Crippen LogP contribution in [0.15, 0.2) is 109 Å². The van der Waals surface area contributed by atoms with Crippen LogP contribution in [0.1, 0.15) is 88.5 Å². The molecular formula is C44H42Cl2O2. The van der Waals surface area contributed by atoms with Crippen molar-refractivity contribution in [2.45, 2.75) is 77.0 Å². The summed E-state index contributed by atoms with van der Waals surface area (Å²) in [4.78, 5) is 26.1. The zero-order valence-corrected chi connectivity index (χ0v) is 30.0. The molecule has 4 aromatic carbocycles. The second-order valence-electron chi connectivity index (χ2n) is 14.9. The van der Waals surface area contributed by atoms with Crippen LogP contribution < -0.4 is 0 Å². The van der Waals surface area contributed by atoms with Gasteiger partial charge in [0.05, 0.1) is 10.8 Å². The van der Waals surface area contributed by atoms with Crippen molar-refractivity contribution in [1.82, 2.24) is 0 Å². The largest absolute Gasteiger partial charge is 0.284 e. The molecule has 0 bridgehead atoms. The van der Waals surface area contributed by atoms with Crippen molar-refractivity contribution in [2.24, 2.45) is 10.8 Å². The standard InChI is InChI=1S/2C22H21ClO/c2*1-21(2,3)14-13-20(24)22(17-9-11-18(23)12-10-17)15-19(22)16-7-5-4-6-8-16/h2*4-12,19H,15H2,1-3H3/t2*19-,22-/m11/s1. The number of halogens is 2. The minimum absolute atomic E-state index is 0.00796. The monoisotopic (exact) mass is 672 g/mol. The maximum absolute atomic E-state index is 13.0. The zero-order valence-electron chi connectivity index (χ0n) is 28.5. The van der Waals surface area contributed by atoms with E-state index in [2.05, 4.69) is 47.9 Å². The second-order valence-corrected chi connectivity index (χ2v) is 15.8. The molecule has 4 heteroatoms. The number of Topliss-reactive ketones (excluding diaryl/α,β-unsaturated/α-hetero) is 2. The van der Waals surface area contributed by atoms with E-state index in [-0.39, 0.29) is 34.2 Å². The predicted octanol–water partition coefficient (Wildman–Crippen LogP) is 10.8. The molecule has 2 fully saturated rings. The number of ketones is 2. The first-order valence-corrected chi connectivity index (χ1v) is 17.2. The van der Waals surface area contributed by atoms with Crippen LogP contribution in [0.3, 0.4) is 0 Å². The highest BCUT2D eigenvalue weighted by Gasteiger charge is 2.61. The number of carbonyl (C=O) groups is 2. The van der Waals surface area contributed by atoms with Crippen molar-refractivity contribution in [3.05, 3.63) is 141 Å². The number of hydrogen-bond acceptors (Lipinski definition) is 2. The molecule has 2 aliphatic carbocycles. The molecule has 48 heavy (non-hydrogen) atoms. The van der Waals surface area contributed by atoms with Crippen LogP contribution in [0.25, 0.3) is 0 Å². The number of carbonyl (C=O) groups excluding carboxylic acids is 2. The first kappa shape index (κ1) is 35.2. The Morgan fingerprint density at radius 1 is 0.542 bits per heavy atom. The molecule has 2 saturated carbocycles. The third-order valence-electron chi connectivity index (χ3n) is 8.96. The van der Waals surface area contributed by atoms with Crippen LogP contribution in [0.5, 0.6) is 0 Å². The molecule has 2 nitrogen and oxygen atoms in total.